The zero-order valence-corrected chi connectivity index (χ0v) is 12.1. The number of carboxylic acid groups (broad SMARTS) is 1. The van der Waals surface area contributed by atoms with Crippen LogP contribution in [-0.4, -0.2) is 16.6 Å². The lowest BCUT2D eigenvalue weighted by Crippen LogP contribution is -2.52. The molecule has 3 rings (SSSR count). The molecule has 1 N–H and O–H groups in total. The van der Waals surface area contributed by atoms with Gasteiger partial charge in [0.2, 0.25) is 0 Å². The Morgan fingerprint density at radius 1 is 1.14 bits per heavy atom. The van der Waals surface area contributed by atoms with Crippen LogP contribution in [0.3, 0.4) is 0 Å². The highest BCUT2D eigenvalue weighted by Gasteiger charge is 2.48. The normalized spacial score (nSPS) is 20.3. The first-order valence-corrected chi connectivity index (χ1v) is 7.30. The molecule has 1 aliphatic rings. The highest BCUT2D eigenvalue weighted by atomic mass is 16.4. The Bertz CT molecular complexity index is 653. The number of carbonyl (C=O) groups is 1. The summed E-state index contributed by atoms with van der Waals surface area (Å²) in [5, 5.41) is 9.84. The van der Waals surface area contributed by atoms with E-state index in [1.165, 1.54) is 0 Å². The fraction of sp³-hybridized carbons (Fsp3) is 0.278. The zero-order valence-electron chi connectivity index (χ0n) is 12.1. The molecule has 0 spiro atoms. The summed E-state index contributed by atoms with van der Waals surface area (Å²) in [6.45, 7) is 2.58. The maximum absolute atomic E-state index is 12.0. The molecule has 0 saturated heterocycles. The molecular formula is C18H19NO2. The average Bonchev–Trinajstić information content (AvgIpc) is 2.84. The Morgan fingerprint density at radius 3 is 2.48 bits per heavy atom. The lowest BCUT2D eigenvalue weighted by Gasteiger charge is -2.36. The van der Waals surface area contributed by atoms with Gasteiger partial charge < -0.3 is 10.0 Å². The van der Waals surface area contributed by atoms with E-state index in [0.29, 0.717) is 19.4 Å². The van der Waals surface area contributed by atoms with E-state index in [-0.39, 0.29) is 0 Å². The zero-order chi connectivity index (χ0) is 14.9. The molecule has 21 heavy (non-hydrogen) atoms. The van der Waals surface area contributed by atoms with Crippen molar-refractivity contribution in [3.8, 4) is 0 Å². The predicted octanol–water partition coefficient (Wildman–Crippen LogP) is 3.48. The summed E-state index contributed by atoms with van der Waals surface area (Å²) in [6, 6.07) is 18.1. The number of para-hydroxylation sites is 1. The first-order valence-electron chi connectivity index (χ1n) is 7.30. The molecule has 2 aromatic rings. The number of carboxylic acids is 1. The fourth-order valence-electron chi connectivity index (χ4n) is 3.23. The van der Waals surface area contributed by atoms with E-state index >= 15 is 0 Å². The molecule has 0 amide bonds. The van der Waals surface area contributed by atoms with Crippen LogP contribution in [0.1, 0.15) is 24.5 Å². The Hall–Kier alpha value is -2.29. The topological polar surface area (TPSA) is 40.5 Å². The maximum Gasteiger partial charge on any atom is 0.329 e. The second kappa shape index (κ2) is 5.24. The number of rotatable bonds is 4. The summed E-state index contributed by atoms with van der Waals surface area (Å²) < 4.78 is 0. The fourth-order valence-corrected chi connectivity index (χ4v) is 3.23. The van der Waals surface area contributed by atoms with Crippen molar-refractivity contribution in [1.82, 2.24) is 0 Å². The van der Waals surface area contributed by atoms with Gasteiger partial charge in [0.15, 0.2) is 0 Å². The molecule has 2 aromatic carbocycles. The van der Waals surface area contributed by atoms with Gasteiger partial charge in [-0.15, -0.1) is 0 Å². The molecule has 108 valence electrons. The van der Waals surface area contributed by atoms with Crippen LogP contribution in [0.15, 0.2) is 54.6 Å². The predicted molar refractivity (Wildman–Crippen MR) is 83.4 cm³/mol. The van der Waals surface area contributed by atoms with Gasteiger partial charge in [0.05, 0.1) is 0 Å². The van der Waals surface area contributed by atoms with E-state index in [9.17, 15) is 9.90 Å². The third-order valence-electron chi connectivity index (χ3n) is 4.45. The second-order valence-corrected chi connectivity index (χ2v) is 5.57. The first-order chi connectivity index (χ1) is 10.2. The lowest BCUT2D eigenvalue weighted by molar-refractivity contribution is -0.143. The van der Waals surface area contributed by atoms with Crippen molar-refractivity contribution in [2.24, 2.45) is 0 Å². The van der Waals surface area contributed by atoms with Crippen molar-refractivity contribution in [2.75, 3.05) is 4.90 Å². The summed E-state index contributed by atoms with van der Waals surface area (Å²) >= 11 is 0. The third kappa shape index (κ3) is 2.19. The number of anilines is 1. The number of benzene rings is 2. The third-order valence-corrected chi connectivity index (χ3v) is 4.45. The molecule has 1 atom stereocenters. The van der Waals surface area contributed by atoms with E-state index in [4.69, 9.17) is 0 Å². The lowest BCUT2D eigenvalue weighted by atomic mass is 9.91. The highest BCUT2D eigenvalue weighted by molar-refractivity contribution is 5.87. The largest absolute Gasteiger partial charge is 0.479 e. The molecule has 1 heterocycles. The van der Waals surface area contributed by atoms with Gasteiger partial charge in [-0.05, 0) is 23.6 Å². The van der Waals surface area contributed by atoms with Gasteiger partial charge in [-0.3, -0.25) is 0 Å². The molecule has 0 aromatic heterocycles. The molecule has 1 aliphatic heterocycles. The van der Waals surface area contributed by atoms with Gasteiger partial charge >= 0.3 is 5.97 Å². The van der Waals surface area contributed by atoms with Gasteiger partial charge in [-0.2, -0.15) is 0 Å². The van der Waals surface area contributed by atoms with E-state index < -0.39 is 11.5 Å². The van der Waals surface area contributed by atoms with Gasteiger partial charge in [-0.25, -0.2) is 4.79 Å². The number of aliphatic carboxylic acids is 1. The molecule has 0 bridgehead atoms. The van der Waals surface area contributed by atoms with Crippen LogP contribution in [0.2, 0.25) is 0 Å². The molecule has 0 saturated carbocycles. The number of hydrogen-bond acceptors (Lipinski definition) is 2. The molecule has 0 aliphatic carbocycles. The summed E-state index contributed by atoms with van der Waals surface area (Å²) in [6.07, 6.45) is 1.16. The molecule has 0 fully saturated rings. The summed E-state index contributed by atoms with van der Waals surface area (Å²) in [5.74, 6) is -0.739. The van der Waals surface area contributed by atoms with E-state index in [1.807, 2.05) is 61.5 Å². The maximum atomic E-state index is 12.0. The minimum atomic E-state index is -0.834. The molecular weight excluding hydrogens is 262 g/mol. The van der Waals surface area contributed by atoms with E-state index in [1.54, 1.807) is 0 Å². The summed E-state index contributed by atoms with van der Waals surface area (Å²) in [7, 11) is 0. The monoisotopic (exact) mass is 281 g/mol. The van der Waals surface area contributed by atoms with Crippen LogP contribution in [0.4, 0.5) is 5.69 Å². The van der Waals surface area contributed by atoms with Crippen molar-refractivity contribution >= 4 is 11.7 Å². The van der Waals surface area contributed by atoms with Gasteiger partial charge in [0, 0.05) is 18.7 Å². The van der Waals surface area contributed by atoms with E-state index in [2.05, 4.69) is 4.90 Å². The molecule has 0 radical (unpaired) electrons. The average molecular weight is 281 g/mol. The molecule has 1 unspecified atom stereocenters. The quantitative estimate of drug-likeness (QED) is 0.932. The van der Waals surface area contributed by atoms with Crippen molar-refractivity contribution in [3.63, 3.8) is 0 Å². The van der Waals surface area contributed by atoms with Crippen molar-refractivity contribution < 1.29 is 9.90 Å². The van der Waals surface area contributed by atoms with Crippen LogP contribution in [0.5, 0.6) is 0 Å². The highest BCUT2D eigenvalue weighted by Crippen LogP contribution is 2.41. The van der Waals surface area contributed by atoms with Gasteiger partial charge in [-0.1, -0.05) is 55.5 Å². The first kappa shape index (κ1) is 13.7. The summed E-state index contributed by atoms with van der Waals surface area (Å²) in [5.41, 5.74) is 2.47. The van der Waals surface area contributed by atoms with Crippen LogP contribution in [-0.2, 0) is 17.8 Å². The Morgan fingerprint density at radius 2 is 1.81 bits per heavy atom. The summed E-state index contributed by atoms with van der Waals surface area (Å²) in [4.78, 5) is 14.0. The van der Waals surface area contributed by atoms with Gasteiger partial charge in [0.1, 0.15) is 5.54 Å². The number of nitrogens with zero attached hydrogens (tertiary/aromatic N) is 1. The van der Waals surface area contributed by atoms with Crippen LogP contribution < -0.4 is 4.90 Å². The Labute approximate surface area is 124 Å². The second-order valence-electron chi connectivity index (χ2n) is 5.57. The van der Waals surface area contributed by atoms with Crippen LogP contribution >= 0.6 is 0 Å². The smallest absolute Gasteiger partial charge is 0.329 e. The molecule has 3 heteroatoms. The van der Waals surface area contributed by atoms with Crippen molar-refractivity contribution in [2.45, 2.75) is 31.8 Å². The van der Waals surface area contributed by atoms with Gasteiger partial charge in [0.25, 0.3) is 0 Å². The minimum absolute atomic E-state index is 0.571. The van der Waals surface area contributed by atoms with Crippen LogP contribution in [0.25, 0.3) is 0 Å². The minimum Gasteiger partial charge on any atom is -0.479 e. The number of hydrogen-bond donors (Lipinski definition) is 1. The van der Waals surface area contributed by atoms with E-state index in [0.717, 1.165) is 16.8 Å². The van der Waals surface area contributed by atoms with Crippen molar-refractivity contribution in [1.29, 1.82) is 0 Å². The molecule has 3 nitrogen and oxygen atoms in total. The Balaban J connectivity index is 2.05. The van der Waals surface area contributed by atoms with Crippen molar-refractivity contribution in [3.05, 3.63) is 65.7 Å². The standard InChI is InChI=1S/C18H19NO2/c1-2-18(17(20)21)12-15-10-6-7-11-16(15)19(18)13-14-8-4-3-5-9-14/h3-11H,2,12-13H2,1H3,(H,20,21). The van der Waals surface area contributed by atoms with Crippen LogP contribution in [0, 0.1) is 0 Å². The SMILES string of the molecule is CCC1(C(=O)O)Cc2ccccc2N1Cc1ccccc1. The number of fused-ring (bicyclic) bond motifs is 1. The Kier molecular flexibility index (Phi) is 3.42.